The zero-order chi connectivity index (χ0) is 29.8. The Labute approximate surface area is 260 Å². The van der Waals surface area contributed by atoms with Gasteiger partial charge in [0.2, 0.25) is 0 Å². The van der Waals surface area contributed by atoms with E-state index in [1.54, 1.807) is 12.3 Å². The highest BCUT2D eigenvalue weighted by Gasteiger charge is 2.45. The summed E-state index contributed by atoms with van der Waals surface area (Å²) in [6, 6.07) is 9.56. The van der Waals surface area contributed by atoms with Crippen molar-refractivity contribution in [2.45, 2.75) is 37.8 Å². The van der Waals surface area contributed by atoms with Crippen molar-refractivity contribution >= 4 is 39.3 Å². The monoisotopic (exact) mass is 610 g/mol. The fourth-order valence-electron chi connectivity index (χ4n) is 7.18. The Morgan fingerprint density at radius 1 is 1.14 bits per heavy atom. The van der Waals surface area contributed by atoms with Gasteiger partial charge < -0.3 is 25.0 Å². The number of rotatable bonds is 7. The molecule has 3 saturated heterocycles. The molecule has 8 nitrogen and oxygen atoms in total. The van der Waals surface area contributed by atoms with Crippen LogP contribution in [0, 0.1) is 23.6 Å². The standard InChI is InChI=1S/C34H35FN6O2S/c1-2-21-4-3-5-22-14-25(42)15-26(28(21)22)30-29(35)31-27(16-36-30)32(41-17-23-6-7-24(18-41)37-23)39-33(38-31)43-20-34(8-9-34)19-40-10-12-44-13-11-40/h1,3-5,14-16,23-24,37,42H,6-13,17-20H2/t23-,24+. The predicted molar refractivity (Wildman–Crippen MR) is 173 cm³/mol. The maximum absolute atomic E-state index is 16.8. The molecule has 1 aliphatic carbocycles. The Morgan fingerprint density at radius 2 is 1.93 bits per heavy atom. The van der Waals surface area contributed by atoms with Crippen LogP contribution in [0.25, 0.3) is 32.9 Å². The first-order valence-corrected chi connectivity index (χ1v) is 16.7. The zero-order valence-corrected chi connectivity index (χ0v) is 25.4. The van der Waals surface area contributed by atoms with E-state index in [-0.39, 0.29) is 28.4 Å². The quantitative estimate of drug-likeness (QED) is 0.286. The highest BCUT2D eigenvalue weighted by molar-refractivity contribution is 7.99. The van der Waals surface area contributed by atoms with Crippen LogP contribution in [0.4, 0.5) is 10.2 Å². The molecule has 2 aromatic carbocycles. The van der Waals surface area contributed by atoms with E-state index in [9.17, 15) is 5.11 Å². The second-order valence-electron chi connectivity index (χ2n) is 12.8. The normalized spacial score (nSPS) is 22.8. The van der Waals surface area contributed by atoms with Crippen molar-refractivity contribution in [3.8, 4) is 35.4 Å². The average molecular weight is 611 g/mol. The highest BCUT2D eigenvalue weighted by atomic mass is 32.2. The summed E-state index contributed by atoms with van der Waals surface area (Å²) in [6.45, 7) is 5.31. The molecule has 10 heteroatoms. The van der Waals surface area contributed by atoms with Crippen molar-refractivity contribution < 1.29 is 14.2 Å². The molecule has 0 spiro atoms. The molecule has 4 aliphatic rings. The molecule has 2 atom stereocenters. The molecule has 3 aliphatic heterocycles. The first kappa shape index (κ1) is 27.9. The van der Waals surface area contributed by atoms with Crippen molar-refractivity contribution in [1.82, 2.24) is 25.2 Å². The van der Waals surface area contributed by atoms with Gasteiger partial charge in [0.1, 0.15) is 22.8 Å². The summed E-state index contributed by atoms with van der Waals surface area (Å²) in [5.41, 5.74) is 1.37. The number of hydrogen-bond donors (Lipinski definition) is 2. The van der Waals surface area contributed by atoms with Gasteiger partial charge in [-0.05, 0) is 49.3 Å². The number of nitrogens with zero attached hydrogens (tertiary/aromatic N) is 5. The number of hydrogen-bond acceptors (Lipinski definition) is 9. The molecule has 0 amide bonds. The van der Waals surface area contributed by atoms with Gasteiger partial charge in [-0.15, -0.1) is 6.42 Å². The smallest absolute Gasteiger partial charge is 0.319 e. The third-order valence-electron chi connectivity index (χ3n) is 9.66. The van der Waals surface area contributed by atoms with E-state index >= 15 is 4.39 Å². The van der Waals surface area contributed by atoms with E-state index in [1.807, 2.05) is 30.0 Å². The second kappa shape index (κ2) is 11.1. The maximum atomic E-state index is 16.8. The number of halogens is 1. The number of phenolic OH excluding ortho intramolecular Hbond substituents is 1. The minimum absolute atomic E-state index is 0.00805. The molecule has 0 radical (unpaired) electrons. The molecule has 2 N–H and O–H groups in total. The number of anilines is 1. The van der Waals surface area contributed by atoms with Crippen molar-refractivity contribution in [3.05, 3.63) is 47.9 Å². The molecule has 8 rings (SSSR count). The minimum atomic E-state index is -0.584. The SMILES string of the molecule is C#Cc1cccc2cc(O)cc(-c3ncc4c(N5C[C@H]6CC[C@@H](C5)N6)nc(OCC5(CN6CCSCC6)CC5)nc4c3F)c12. The van der Waals surface area contributed by atoms with Crippen LogP contribution >= 0.6 is 11.8 Å². The summed E-state index contributed by atoms with van der Waals surface area (Å²) in [5.74, 6) is 5.13. The van der Waals surface area contributed by atoms with Crippen molar-refractivity contribution in [1.29, 1.82) is 0 Å². The number of nitrogens with one attached hydrogen (secondary N) is 1. The summed E-state index contributed by atoms with van der Waals surface area (Å²) in [6.07, 6.45) is 11.9. The number of thioether (sulfide) groups is 1. The van der Waals surface area contributed by atoms with Gasteiger partial charge >= 0.3 is 6.01 Å². The molecule has 2 bridgehead atoms. The molecule has 4 fully saturated rings. The van der Waals surface area contributed by atoms with E-state index in [4.69, 9.17) is 16.1 Å². The molecule has 226 valence electrons. The lowest BCUT2D eigenvalue weighted by Gasteiger charge is -2.34. The number of fused-ring (bicyclic) bond motifs is 4. The highest BCUT2D eigenvalue weighted by Crippen LogP contribution is 2.47. The third-order valence-corrected chi connectivity index (χ3v) is 10.6. The van der Waals surface area contributed by atoms with Crippen LogP contribution in [-0.4, -0.2) is 87.9 Å². The van der Waals surface area contributed by atoms with Crippen LogP contribution in [-0.2, 0) is 0 Å². The van der Waals surface area contributed by atoms with Gasteiger partial charge in [0, 0.05) is 84.4 Å². The predicted octanol–water partition coefficient (Wildman–Crippen LogP) is 4.82. The van der Waals surface area contributed by atoms with Gasteiger partial charge in [0.05, 0.1) is 12.0 Å². The molecule has 5 heterocycles. The molecule has 0 unspecified atom stereocenters. The van der Waals surface area contributed by atoms with Crippen LogP contribution < -0.4 is 15.0 Å². The molecular weight excluding hydrogens is 575 g/mol. The van der Waals surface area contributed by atoms with Gasteiger partial charge in [-0.1, -0.05) is 18.1 Å². The molecule has 2 aromatic heterocycles. The van der Waals surface area contributed by atoms with E-state index in [1.165, 1.54) is 17.6 Å². The number of aromatic nitrogens is 3. The molecule has 1 saturated carbocycles. The zero-order valence-electron chi connectivity index (χ0n) is 24.6. The van der Waals surface area contributed by atoms with Crippen LogP contribution in [0.3, 0.4) is 0 Å². The first-order valence-electron chi connectivity index (χ1n) is 15.5. The number of ether oxygens (including phenoxy) is 1. The van der Waals surface area contributed by atoms with E-state index < -0.39 is 5.82 Å². The number of aromatic hydroxyl groups is 1. The minimum Gasteiger partial charge on any atom is -0.508 e. The van der Waals surface area contributed by atoms with E-state index in [0.29, 0.717) is 51.8 Å². The van der Waals surface area contributed by atoms with Crippen LogP contribution in [0.5, 0.6) is 11.8 Å². The second-order valence-corrected chi connectivity index (χ2v) is 14.0. The summed E-state index contributed by atoms with van der Waals surface area (Å²) in [5, 5.41) is 16.1. The first-order chi connectivity index (χ1) is 21.5. The topological polar surface area (TPSA) is 86.6 Å². The van der Waals surface area contributed by atoms with Gasteiger partial charge in [0.25, 0.3) is 0 Å². The Balaban J connectivity index is 1.21. The van der Waals surface area contributed by atoms with Gasteiger partial charge in [0.15, 0.2) is 5.82 Å². The summed E-state index contributed by atoms with van der Waals surface area (Å²) < 4.78 is 23.1. The number of piperazine rings is 1. The average Bonchev–Trinajstić information content (AvgIpc) is 3.73. The Bertz CT molecular complexity index is 1790. The van der Waals surface area contributed by atoms with Crippen molar-refractivity contribution in [2.24, 2.45) is 5.41 Å². The van der Waals surface area contributed by atoms with Crippen LogP contribution in [0.2, 0.25) is 0 Å². The molecular formula is C34H35FN6O2S. The summed E-state index contributed by atoms with van der Waals surface area (Å²) >= 11 is 2.01. The number of phenols is 1. The lowest BCUT2D eigenvalue weighted by molar-refractivity contribution is 0.161. The van der Waals surface area contributed by atoms with Crippen LogP contribution in [0.1, 0.15) is 31.2 Å². The lowest BCUT2D eigenvalue weighted by Crippen LogP contribution is -2.51. The third kappa shape index (κ3) is 5.11. The Hall–Kier alpha value is -3.65. The largest absolute Gasteiger partial charge is 0.508 e. The lowest BCUT2D eigenvalue weighted by atomic mass is 9.96. The fraction of sp³-hybridized carbons (Fsp3) is 0.441. The maximum Gasteiger partial charge on any atom is 0.319 e. The fourth-order valence-corrected chi connectivity index (χ4v) is 8.16. The number of terminal acetylenes is 1. The summed E-state index contributed by atoms with van der Waals surface area (Å²) in [4.78, 5) is 19.0. The molecule has 4 aromatic rings. The van der Waals surface area contributed by atoms with Gasteiger partial charge in [-0.2, -0.15) is 21.7 Å². The van der Waals surface area contributed by atoms with Crippen molar-refractivity contribution in [2.75, 3.05) is 55.7 Å². The van der Waals surface area contributed by atoms with Gasteiger partial charge in [-0.3, -0.25) is 4.98 Å². The van der Waals surface area contributed by atoms with Gasteiger partial charge in [-0.25, -0.2) is 4.39 Å². The Morgan fingerprint density at radius 3 is 2.68 bits per heavy atom. The molecule has 44 heavy (non-hydrogen) atoms. The van der Waals surface area contributed by atoms with Crippen molar-refractivity contribution in [3.63, 3.8) is 0 Å². The Kier molecular flexibility index (Phi) is 7.00. The number of pyridine rings is 1. The van der Waals surface area contributed by atoms with E-state index in [0.717, 1.165) is 58.4 Å². The number of benzene rings is 2. The van der Waals surface area contributed by atoms with E-state index in [2.05, 4.69) is 31.0 Å². The summed E-state index contributed by atoms with van der Waals surface area (Å²) in [7, 11) is 0. The van der Waals surface area contributed by atoms with Crippen LogP contribution in [0.15, 0.2) is 36.5 Å².